The standard InChI is InChI=1S/C16H28N2OS/c1-4-9-18-15(10-14-11-17-12-20-14)16(19-3)7-5-13(2)6-8-16/h11-13,15,18H,4-10H2,1-3H3. The molecule has 20 heavy (non-hydrogen) atoms. The van der Waals surface area contributed by atoms with Crippen LogP contribution in [-0.2, 0) is 11.2 Å². The van der Waals surface area contributed by atoms with E-state index in [-0.39, 0.29) is 5.60 Å². The molecule has 0 saturated heterocycles. The zero-order valence-corrected chi connectivity index (χ0v) is 13.8. The average molecular weight is 296 g/mol. The Hall–Kier alpha value is -0.450. The highest BCUT2D eigenvalue weighted by Crippen LogP contribution is 2.38. The molecule has 1 fully saturated rings. The van der Waals surface area contributed by atoms with Gasteiger partial charge in [-0.1, -0.05) is 13.8 Å². The fraction of sp³-hybridized carbons (Fsp3) is 0.812. The molecule has 3 nitrogen and oxygen atoms in total. The predicted octanol–water partition coefficient (Wildman–Crippen LogP) is 3.65. The van der Waals surface area contributed by atoms with Crippen LogP contribution in [0.25, 0.3) is 0 Å². The van der Waals surface area contributed by atoms with Crippen LogP contribution in [0.4, 0.5) is 0 Å². The summed E-state index contributed by atoms with van der Waals surface area (Å²) >= 11 is 1.75. The highest BCUT2D eigenvalue weighted by atomic mass is 32.1. The lowest BCUT2D eigenvalue weighted by Gasteiger charge is -2.44. The minimum Gasteiger partial charge on any atom is -0.377 e. The Balaban J connectivity index is 2.10. The van der Waals surface area contributed by atoms with Crippen LogP contribution in [0.1, 0.15) is 50.8 Å². The van der Waals surface area contributed by atoms with E-state index in [1.165, 1.54) is 30.6 Å². The second kappa shape index (κ2) is 7.53. The molecule has 0 spiro atoms. The van der Waals surface area contributed by atoms with Gasteiger partial charge in [-0.05, 0) is 44.6 Å². The topological polar surface area (TPSA) is 34.2 Å². The largest absolute Gasteiger partial charge is 0.377 e. The van der Waals surface area contributed by atoms with Crippen molar-refractivity contribution in [2.24, 2.45) is 5.92 Å². The molecule has 114 valence electrons. The molecule has 0 aromatic carbocycles. The Morgan fingerprint density at radius 2 is 2.25 bits per heavy atom. The maximum Gasteiger partial charge on any atom is 0.0834 e. The SMILES string of the molecule is CCCNC(Cc1cncs1)C1(OC)CCC(C)CC1. The van der Waals surface area contributed by atoms with Crippen molar-refractivity contribution in [1.29, 1.82) is 0 Å². The molecule has 4 heteroatoms. The molecule has 1 N–H and O–H groups in total. The van der Waals surface area contributed by atoms with Crippen molar-refractivity contribution in [2.75, 3.05) is 13.7 Å². The fourth-order valence-electron chi connectivity index (χ4n) is 3.25. The summed E-state index contributed by atoms with van der Waals surface area (Å²) in [5.41, 5.74) is 1.93. The molecular weight excluding hydrogens is 268 g/mol. The maximum absolute atomic E-state index is 6.06. The van der Waals surface area contributed by atoms with E-state index in [1.54, 1.807) is 11.3 Å². The Labute approximate surface area is 127 Å². The van der Waals surface area contributed by atoms with E-state index in [0.717, 1.165) is 25.3 Å². The number of nitrogens with zero attached hydrogens (tertiary/aromatic N) is 1. The summed E-state index contributed by atoms with van der Waals surface area (Å²) < 4.78 is 6.06. The van der Waals surface area contributed by atoms with Gasteiger partial charge in [-0.2, -0.15) is 0 Å². The lowest BCUT2D eigenvalue weighted by atomic mass is 9.74. The highest BCUT2D eigenvalue weighted by Gasteiger charge is 2.41. The summed E-state index contributed by atoms with van der Waals surface area (Å²) in [6.45, 7) is 5.64. The van der Waals surface area contributed by atoms with E-state index in [1.807, 2.05) is 18.8 Å². The normalized spacial score (nSPS) is 28.4. The summed E-state index contributed by atoms with van der Waals surface area (Å²) in [6, 6.07) is 0.403. The lowest BCUT2D eigenvalue weighted by Crippen LogP contribution is -2.55. The third-order valence-corrected chi connectivity index (χ3v) is 5.49. The molecule has 1 aliphatic rings. The van der Waals surface area contributed by atoms with Crippen LogP contribution >= 0.6 is 11.3 Å². The minimum atomic E-state index is 0.00563. The quantitative estimate of drug-likeness (QED) is 0.834. The highest BCUT2D eigenvalue weighted by molar-refractivity contribution is 7.09. The van der Waals surface area contributed by atoms with Gasteiger partial charge in [-0.3, -0.25) is 4.98 Å². The van der Waals surface area contributed by atoms with Gasteiger partial charge in [0.25, 0.3) is 0 Å². The third kappa shape index (κ3) is 3.80. The second-order valence-corrected chi connectivity index (χ2v) is 7.10. The van der Waals surface area contributed by atoms with E-state index >= 15 is 0 Å². The van der Waals surface area contributed by atoms with Crippen LogP contribution in [-0.4, -0.2) is 30.3 Å². The van der Waals surface area contributed by atoms with Gasteiger partial charge in [-0.25, -0.2) is 0 Å². The van der Waals surface area contributed by atoms with Gasteiger partial charge in [0.1, 0.15) is 0 Å². The number of hydrogen-bond acceptors (Lipinski definition) is 4. The predicted molar refractivity (Wildman–Crippen MR) is 85.3 cm³/mol. The zero-order valence-electron chi connectivity index (χ0n) is 13.0. The van der Waals surface area contributed by atoms with E-state index in [9.17, 15) is 0 Å². The molecule has 1 aromatic heterocycles. The number of ether oxygens (including phenoxy) is 1. The molecule has 0 bridgehead atoms. The smallest absolute Gasteiger partial charge is 0.0834 e. The van der Waals surface area contributed by atoms with Crippen LogP contribution in [0, 0.1) is 5.92 Å². The van der Waals surface area contributed by atoms with E-state index in [0.29, 0.717) is 6.04 Å². The Kier molecular flexibility index (Phi) is 6.00. The Morgan fingerprint density at radius 1 is 1.50 bits per heavy atom. The van der Waals surface area contributed by atoms with E-state index < -0.39 is 0 Å². The van der Waals surface area contributed by atoms with Crippen molar-refractivity contribution in [3.05, 3.63) is 16.6 Å². The summed E-state index contributed by atoms with van der Waals surface area (Å²) in [4.78, 5) is 5.57. The summed E-state index contributed by atoms with van der Waals surface area (Å²) in [5, 5.41) is 3.74. The van der Waals surface area contributed by atoms with Crippen molar-refractivity contribution < 1.29 is 4.74 Å². The fourth-order valence-corrected chi connectivity index (χ4v) is 3.89. The number of hydrogen-bond donors (Lipinski definition) is 1. The Morgan fingerprint density at radius 3 is 2.80 bits per heavy atom. The van der Waals surface area contributed by atoms with Crippen molar-refractivity contribution in [2.45, 2.75) is 64.0 Å². The van der Waals surface area contributed by atoms with Gasteiger partial charge < -0.3 is 10.1 Å². The molecule has 1 saturated carbocycles. The monoisotopic (exact) mass is 296 g/mol. The lowest BCUT2D eigenvalue weighted by molar-refractivity contribution is -0.0743. The third-order valence-electron chi connectivity index (χ3n) is 4.69. The van der Waals surface area contributed by atoms with E-state index in [4.69, 9.17) is 4.74 Å². The molecule has 1 heterocycles. The molecule has 1 unspecified atom stereocenters. The molecule has 1 aliphatic carbocycles. The van der Waals surface area contributed by atoms with Gasteiger partial charge >= 0.3 is 0 Å². The van der Waals surface area contributed by atoms with Crippen LogP contribution in [0.15, 0.2) is 11.7 Å². The van der Waals surface area contributed by atoms with Gasteiger partial charge in [0.15, 0.2) is 0 Å². The molecule has 1 aromatic rings. The first kappa shape index (κ1) is 15.9. The minimum absolute atomic E-state index is 0.00563. The van der Waals surface area contributed by atoms with Crippen molar-refractivity contribution in [3.8, 4) is 0 Å². The van der Waals surface area contributed by atoms with Gasteiger partial charge in [0, 0.05) is 30.6 Å². The molecule has 0 amide bonds. The maximum atomic E-state index is 6.06. The zero-order chi connectivity index (χ0) is 14.4. The number of rotatable bonds is 7. The van der Waals surface area contributed by atoms with Crippen molar-refractivity contribution >= 4 is 11.3 Å². The first-order chi connectivity index (χ1) is 9.70. The Bertz CT molecular complexity index is 372. The summed E-state index contributed by atoms with van der Waals surface area (Å²) in [5.74, 6) is 0.841. The van der Waals surface area contributed by atoms with E-state index in [2.05, 4.69) is 24.1 Å². The number of nitrogens with one attached hydrogen (secondary N) is 1. The molecule has 1 atom stereocenters. The second-order valence-electron chi connectivity index (χ2n) is 6.13. The van der Waals surface area contributed by atoms with Crippen LogP contribution in [0.5, 0.6) is 0 Å². The van der Waals surface area contributed by atoms with Gasteiger partial charge in [0.05, 0.1) is 11.1 Å². The van der Waals surface area contributed by atoms with Crippen molar-refractivity contribution in [1.82, 2.24) is 10.3 Å². The average Bonchev–Trinajstić information content (AvgIpc) is 2.98. The van der Waals surface area contributed by atoms with Crippen LogP contribution in [0.2, 0.25) is 0 Å². The molecule has 2 rings (SSSR count). The molecule has 0 aliphatic heterocycles. The van der Waals surface area contributed by atoms with Crippen molar-refractivity contribution in [3.63, 3.8) is 0 Å². The van der Waals surface area contributed by atoms with Crippen LogP contribution in [0.3, 0.4) is 0 Å². The van der Waals surface area contributed by atoms with Gasteiger partial charge in [0.2, 0.25) is 0 Å². The molecular formula is C16H28N2OS. The number of thiazole rings is 1. The summed E-state index contributed by atoms with van der Waals surface area (Å²) in [6.07, 6.45) is 9.10. The first-order valence-electron chi connectivity index (χ1n) is 7.86. The van der Waals surface area contributed by atoms with Crippen LogP contribution < -0.4 is 5.32 Å². The first-order valence-corrected chi connectivity index (χ1v) is 8.74. The number of methoxy groups -OCH3 is 1. The van der Waals surface area contributed by atoms with Gasteiger partial charge in [-0.15, -0.1) is 11.3 Å². The number of aromatic nitrogens is 1. The summed E-state index contributed by atoms with van der Waals surface area (Å²) in [7, 11) is 1.89. The molecule has 0 radical (unpaired) electrons.